The Morgan fingerprint density at radius 2 is 1.30 bits per heavy atom. The average Bonchev–Trinajstić information content (AvgIpc) is 2.95. The van der Waals surface area contributed by atoms with Gasteiger partial charge in [0.2, 0.25) is 0 Å². The van der Waals surface area contributed by atoms with E-state index in [1.165, 1.54) is 94.6 Å². The second-order valence-electron chi connectivity index (χ2n) is 11.6. The molecule has 1 aromatic heterocycles. The van der Waals surface area contributed by atoms with E-state index in [9.17, 15) is 5.26 Å². The van der Waals surface area contributed by atoms with Crippen molar-refractivity contribution < 1.29 is 0 Å². The summed E-state index contributed by atoms with van der Waals surface area (Å²) in [5, 5.41) is 9.98. The number of hydrogen-bond donors (Lipinski definition) is 0. The number of nitriles is 1. The molecule has 0 aliphatic heterocycles. The van der Waals surface area contributed by atoms with Crippen LogP contribution in [0.15, 0.2) is 36.7 Å². The normalized spacial score (nSPS) is 19.5. The molecule has 2 aromatic rings. The van der Waals surface area contributed by atoms with Crippen LogP contribution >= 0.6 is 0 Å². The third-order valence-electron chi connectivity index (χ3n) is 8.60. The Kier molecular flexibility index (Phi) is 13.2. The number of unbranched alkanes of at least 4 members (excludes halogenated alkanes) is 11. The van der Waals surface area contributed by atoms with Crippen LogP contribution in [0.2, 0.25) is 0 Å². The van der Waals surface area contributed by atoms with Crippen molar-refractivity contribution in [2.24, 2.45) is 5.41 Å². The van der Waals surface area contributed by atoms with E-state index in [1.54, 1.807) is 0 Å². The number of hydrogen-bond acceptors (Lipinski definition) is 3. The van der Waals surface area contributed by atoms with Gasteiger partial charge < -0.3 is 0 Å². The van der Waals surface area contributed by atoms with Crippen molar-refractivity contribution in [3.63, 3.8) is 0 Å². The Labute approximate surface area is 227 Å². The first-order valence-electron chi connectivity index (χ1n) is 15.5. The molecular formula is C34H51N3. The summed E-state index contributed by atoms with van der Waals surface area (Å²) in [7, 11) is 0. The molecular weight excluding hydrogens is 450 g/mol. The Bertz CT molecular complexity index is 902. The summed E-state index contributed by atoms with van der Waals surface area (Å²) in [4.78, 5) is 9.32. The Morgan fingerprint density at radius 3 is 1.86 bits per heavy atom. The van der Waals surface area contributed by atoms with E-state index in [4.69, 9.17) is 0 Å². The molecule has 0 spiro atoms. The van der Waals surface area contributed by atoms with Gasteiger partial charge in [-0.15, -0.1) is 0 Å². The smallest absolute Gasteiger partial charge is 0.159 e. The SMILES string of the molecule is CCCCCCCCCC1(C#N)CCC(c2ccc(-c3ncc(CCCCCCCC)cn3)cc2)CC1. The van der Waals surface area contributed by atoms with Crippen molar-refractivity contribution in [1.29, 1.82) is 5.26 Å². The molecule has 0 unspecified atom stereocenters. The number of aryl methyl sites for hydroxylation is 1. The fourth-order valence-corrected chi connectivity index (χ4v) is 5.99. The van der Waals surface area contributed by atoms with Gasteiger partial charge in [-0.2, -0.15) is 5.26 Å². The van der Waals surface area contributed by atoms with Crippen LogP contribution in [0.3, 0.4) is 0 Å². The molecule has 1 fully saturated rings. The molecule has 37 heavy (non-hydrogen) atoms. The molecule has 1 saturated carbocycles. The molecule has 1 heterocycles. The van der Waals surface area contributed by atoms with Crippen LogP contribution in [0.4, 0.5) is 0 Å². The first-order chi connectivity index (χ1) is 18.2. The highest BCUT2D eigenvalue weighted by Gasteiger charge is 2.35. The fraction of sp³-hybridized carbons (Fsp3) is 0.676. The summed E-state index contributed by atoms with van der Waals surface area (Å²) < 4.78 is 0. The van der Waals surface area contributed by atoms with Crippen molar-refractivity contribution in [3.05, 3.63) is 47.8 Å². The summed E-state index contributed by atoms with van der Waals surface area (Å²) in [5.74, 6) is 1.39. The van der Waals surface area contributed by atoms with Crippen molar-refractivity contribution >= 4 is 0 Å². The molecule has 0 atom stereocenters. The Balaban J connectivity index is 1.42. The van der Waals surface area contributed by atoms with Gasteiger partial charge in [-0.05, 0) is 62.0 Å². The van der Waals surface area contributed by atoms with Gasteiger partial charge in [-0.25, -0.2) is 9.97 Å². The van der Waals surface area contributed by atoms with Gasteiger partial charge in [0, 0.05) is 18.0 Å². The van der Waals surface area contributed by atoms with E-state index in [2.05, 4.69) is 54.2 Å². The van der Waals surface area contributed by atoms with Crippen LogP contribution < -0.4 is 0 Å². The lowest BCUT2D eigenvalue weighted by Crippen LogP contribution is -2.25. The number of rotatable bonds is 17. The summed E-state index contributed by atoms with van der Waals surface area (Å²) in [6.07, 6.45) is 27.7. The van der Waals surface area contributed by atoms with Gasteiger partial charge in [0.1, 0.15) is 0 Å². The second-order valence-corrected chi connectivity index (χ2v) is 11.6. The first kappa shape index (κ1) is 29.3. The van der Waals surface area contributed by atoms with E-state index in [0.717, 1.165) is 49.9 Å². The minimum absolute atomic E-state index is 0.0784. The second kappa shape index (κ2) is 16.6. The lowest BCUT2D eigenvalue weighted by Gasteiger charge is -2.35. The van der Waals surface area contributed by atoms with Crippen molar-refractivity contribution in [2.75, 3.05) is 0 Å². The highest BCUT2D eigenvalue weighted by molar-refractivity contribution is 5.55. The lowest BCUT2D eigenvalue weighted by molar-refractivity contribution is 0.223. The zero-order valence-electron chi connectivity index (χ0n) is 23.8. The first-order valence-corrected chi connectivity index (χ1v) is 15.5. The maximum Gasteiger partial charge on any atom is 0.159 e. The minimum atomic E-state index is -0.0784. The molecule has 0 saturated heterocycles. The van der Waals surface area contributed by atoms with Gasteiger partial charge in [0.05, 0.1) is 11.5 Å². The van der Waals surface area contributed by atoms with Crippen molar-refractivity contribution in [2.45, 2.75) is 142 Å². The molecule has 1 aromatic carbocycles. The number of benzene rings is 1. The predicted octanol–water partition coefficient (Wildman–Crippen LogP) is 10.4. The molecule has 202 valence electrons. The standard InChI is InChI=1S/C34H51N3/c1-3-5-7-9-11-13-15-23-34(28-35)24-21-31(22-25-34)30-17-19-32(20-18-30)33-36-26-29(27-37-33)16-14-12-10-8-6-4-2/h17-20,26-27,31H,3-16,21-25H2,1-2H3. The zero-order valence-corrected chi connectivity index (χ0v) is 23.8. The zero-order chi connectivity index (χ0) is 26.2. The fourth-order valence-electron chi connectivity index (χ4n) is 5.99. The van der Waals surface area contributed by atoms with E-state index < -0.39 is 0 Å². The third-order valence-corrected chi connectivity index (χ3v) is 8.60. The molecule has 3 rings (SSSR count). The van der Waals surface area contributed by atoms with Gasteiger partial charge in [0.15, 0.2) is 5.82 Å². The van der Waals surface area contributed by atoms with Crippen LogP contribution in [-0.2, 0) is 6.42 Å². The Morgan fingerprint density at radius 1 is 0.757 bits per heavy atom. The van der Waals surface area contributed by atoms with Crippen LogP contribution in [0.25, 0.3) is 11.4 Å². The van der Waals surface area contributed by atoms with Crippen LogP contribution in [0, 0.1) is 16.7 Å². The van der Waals surface area contributed by atoms with Gasteiger partial charge in [-0.1, -0.05) is 115 Å². The predicted molar refractivity (Wildman–Crippen MR) is 156 cm³/mol. The maximum absolute atomic E-state index is 9.98. The van der Waals surface area contributed by atoms with Crippen LogP contribution in [-0.4, -0.2) is 9.97 Å². The summed E-state index contributed by atoms with van der Waals surface area (Å²) in [6, 6.07) is 11.6. The molecule has 0 radical (unpaired) electrons. The Hall–Kier alpha value is -2.21. The van der Waals surface area contributed by atoms with E-state index in [-0.39, 0.29) is 5.41 Å². The van der Waals surface area contributed by atoms with E-state index >= 15 is 0 Å². The molecule has 1 aliphatic carbocycles. The maximum atomic E-state index is 9.98. The highest BCUT2D eigenvalue weighted by atomic mass is 14.9. The summed E-state index contributed by atoms with van der Waals surface area (Å²) in [6.45, 7) is 4.53. The molecule has 0 bridgehead atoms. The monoisotopic (exact) mass is 501 g/mol. The summed E-state index contributed by atoms with van der Waals surface area (Å²) >= 11 is 0. The van der Waals surface area contributed by atoms with E-state index in [0.29, 0.717) is 5.92 Å². The lowest BCUT2D eigenvalue weighted by atomic mass is 9.67. The number of nitrogens with zero attached hydrogens (tertiary/aromatic N) is 3. The topological polar surface area (TPSA) is 49.6 Å². The van der Waals surface area contributed by atoms with E-state index in [1.807, 2.05) is 12.4 Å². The van der Waals surface area contributed by atoms with Crippen molar-refractivity contribution in [1.82, 2.24) is 9.97 Å². The molecule has 1 aliphatic rings. The molecule has 3 nitrogen and oxygen atoms in total. The number of aromatic nitrogens is 2. The summed E-state index contributed by atoms with van der Waals surface area (Å²) in [5.41, 5.74) is 3.67. The minimum Gasteiger partial charge on any atom is -0.236 e. The third kappa shape index (κ3) is 9.88. The highest BCUT2D eigenvalue weighted by Crippen LogP contribution is 2.45. The quantitative estimate of drug-likeness (QED) is 0.202. The van der Waals surface area contributed by atoms with Crippen molar-refractivity contribution in [3.8, 4) is 17.5 Å². The average molecular weight is 502 g/mol. The van der Waals surface area contributed by atoms with Gasteiger partial charge in [-0.3, -0.25) is 0 Å². The van der Waals surface area contributed by atoms with Gasteiger partial charge in [0.25, 0.3) is 0 Å². The largest absolute Gasteiger partial charge is 0.236 e. The van der Waals surface area contributed by atoms with Gasteiger partial charge >= 0.3 is 0 Å². The molecule has 3 heteroatoms. The van der Waals surface area contributed by atoms with Crippen LogP contribution in [0.5, 0.6) is 0 Å². The molecule has 0 amide bonds. The molecule has 0 N–H and O–H groups in total. The van der Waals surface area contributed by atoms with Crippen LogP contribution in [0.1, 0.15) is 146 Å².